The van der Waals surface area contributed by atoms with Gasteiger partial charge in [-0.2, -0.15) is 4.31 Å². The highest BCUT2D eigenvalue weighted by Crippen LogP contribution is 2.25. The van der Waals surface area contributed by atoms with Crippen LogP contribution in [0.2, 0.25) is 0 Å². The van der Waals surface area contributed by atoms with Crippen LogP contribution in [-0.4, -0.2) is 38.9 Å². The van der Waals surface area contributed by atoms with E-state index in [4.69, 9.17) is 0 Å². The Morgan fingerprint density at radius 3 is 2.50 bits per heavy atom. The highest BCUT2D eigenvalue weighted by molar-refractivity contribution is 9.10. The number of benzene rings is 1. The van der Waals surface area contributed by atoms with Gasteiger partial charge in [0.05, 0.1) is 4.90 Å². The molecule has 0 amide bonds. The van der Waals surface area contributed by atoms with E-state index in [-0.39, 0.29) is 6.04 Å². The summed E-state index contributed by atoms with van der Waals surface area (Å²) in [5.41, 5.74) is 0. The Morgan fingerprint density at radius 2 is 2.00 bits per heavy atom. The molecule has 1 fully saturated rings. The maximum absolute atomic E-state index is 12.3. The molecule has 88 valence electrons. The molecule has 0 spiro atoms. The number of hydrogen-bond donors (Lipinski definition) is 1. The minimum atomic E-state index is -3.38. The SMILES string of the molecule is CN(C1CNC1)S(=O)(=O)c1ccccc1Br. The molecule has 0 unspecified atom stereocenters. The lowest BCUT2D eigenvalue weighted by atomic mass is 10.2. The Labute approximate surface area is 104 Å². The zero-order valence-electron chi connectivity index (χ0n) is 8.85. The zero-order valence-corrected chi connectivity index (χ0v) is 11.3. The molecule has 0 bridgehead atoms. The van der Waals surface area contributed by atoms with Gasteiger partial charge in [-0.3, -0.25) is 0 Å². The summed E-state index contributed by atoms with van der Waals surface area (Å²) in [6.07, 6.45) is 0. The molecule has 0 aromatic heterocycles. The predicted octanol–water partition coefficient (Wildman–Crippen LogP) is 1.04. The number of rotatable bonds is 3. The summed E-state index contributed by atoms with van der Waals surface area (Å²) in [6, 6.07) is 6.94. The maximum atomic E-state index is 12.3. The molecule has 4 nitrogen and oxygen atoms in total. The molecule has 2 rings (SSSR count). The van der Waals surface area contributed by atoms with Gasteiger partial charge in [0, 0.05) is 30.7 Å². The molecule has 1 aromatic rings. The lowest BCUT2D eigenvalue weighted by Gasteiger charge is -2.34. The number of nitrogens with one attached hydrogen (secondary N) is 1. The summed E-state index contributed by atoms with van der Waals surface area (Å²) in [7, 11) is -1.76. The van der Waals surface area contributed by atoms with E-state index in [1.165, 1.54) is 4.31 Å². The fourth-order valence-corrected chi connectivity index (χ4v) is 3.85. The topological polar surface area (TPSA) is 49.4 Å². The summed E-state index contributed by atoms with van der Waals surface area (Å²) in [6.45, 7) is 1.44. The van der Waals surface area contributed by atoms with E-state index in [0.717, 1.165) is 13.1 Å². The summed E-state index contributed by atoms with van der Waals surface area (Å²) < 4.78 is 26.6. The van der Waals surface area contributed by atoms with Crippen LogP contribution < -0.4 is 5.32 Å². The van der Waals surface area contributed by atoms with Crippen LogP contribution in [0.1, 0.15) is 0 Å². The fourth-order valence-electron chi connectivity index (χ4n) is 1.54. The number of sulfonamides is 1. The van der Waals surface area contributed by atoms with Gasteiger partial charge in [-0.25, -0.2) is 8.42 Å². The lowest BCUT2D eigenvalue weighted by Crippen LogP contribution is -2.57. The number of likely N-dealkylation sites (N-methyl/N-ethyl adjacent to an activating group) is 1. The third-order valence-corrected chi connectivity index (χ3v) is 5.69. The van der Waals surface area contributed by atoms with Crippen molar-refractivity contribution in [2.45, 2.75) is 10.9 Å². The lowest BCUT2D eigenvalue weighted by molar-refractivity contribution is 0.274. The second-order valence-electron chi connectivity index (χ2n) is 3.76. The summed E-state index contributed by atoms with van der Waals surface area (Å²) in [4.78, 5) is 0.324. The molecule has 0 atom stereocenters. The van der Waals surface area contributed by atoms with Crippen molar-refractivity contribution in [3.05, 3.63) is 28.7 Å². The minimum absolute atomic E-state index is 0.0668. The second-order valence-corrected chi connectivity index (χ2v) is 6.58. The van der Waals surface area contributed by atoms with Gasteiger partial charge in [-0.15, -0.1) is 0 Å². The molecule has 1 aromatic carbocycles. The van der Waals surface area contributed by atoms with Crippen molar-refractivity contribution in [3.63, 3.8) is 0 Å². The predicted molar refractivity (Wildman–Crippen MR) is 65.7 cm³/mol. The first-order valence-electron chi connectivity index (χ1n) is 4.97. The number of hydrogen-bond acceptors (Lipinski definition) is 3. The van der Waals surface area contributed by atoms with E-state index in [0.29, 0.717) is 9.37 Å². The Hall–Kier alpha value is -0.430. The average molecular weight is 305 g/mol. The molecule has 0 aliphatic carbocycles. The molecular weight excluding hydrogens is 292 g/mol. The quantitative estimate of drug-likeness (QED) is 0.908. The summed E-state index contributed by atoms with van der Waals surface area (Å²) in [5.74, 6) is 0. The highest BCUT2D eigenvalue weighted by Gasteiger charge is 2.32. The van der Waals surface area contributed by atoms with E-state index < -0.39 is 10.0 Å². The maximum Gasteiger partial charge on any atom is 0.244 e. The van der Waals surface area contributed by atoms with E-state index >= 15 is 0 Å². The van der Waals surface area contributed by atoms with Gasteiger partial charge in [0.1, 0.15) is 0 Å². The van der Waals surface area contributed by atoms with E-state index in [1.54, 1.807) is 31.3 Å². The summed E-state index contributed by atoms with van der Waals surface area (Å²) >= 11 is 3.27. The van der Waals surface area contributed by atoms with Gasteiger partial charge in [0.25, 0.3) is 0 Å². The van der Waals surface area contributed by atoms with Crippen LogP contribution in [0.25, 0.3) is 0 Å². The second kappa shape index (κ2) is 4.44. The molecule has 0 radical (unpaired) electrons. The summed E-state index contributed by atoms with van der Waals surface area (Å²) in [5, 5.41) is 3.06. The van der Waals surface area contributed by atoms with Crippen LogP contribution in [0.4, 0.5) is 0 Å². The molecule has 1 N–H and O–H groups in total. The monoisotopic (exact) mass is 304 g/mol. The zero-order chi connectivity index (χ0) is 11.8. The smallest absolute Gasteiger partial charge is 0.244 e. The molecule has 6 heteroatoms. The van der Waals surface area contributed by atoms with Crippen molar-refractivity contribution in [1.29, 1.82) is 0 Å². The molecule has 1 heterocycles. The van der Waals surface area contributed by atoms with Crippen molar-refractivity contribution in [2.24, 2.45) is 0 Å². The van der Waals surface area contributed by atoms with Crippen molar-refractivity contribution >= 4 is 26.0 Å². The van der Waals surface area contributed by atoms with Gasteiger partial charge >= 0.3 is 0 Å². The molecular formula is C10H13BrN2O2S. The Kier molecular flexibility index (Phi) is 3.34. The molecule has 16 heavy (non-hydrogen) atoms. The van der Waals surface area contributed by atoms with Gasteiger partial charge in [0.2, 0.25) is 10.0 Å². The van der Waals surface area contributed by atoms with Crippen molar-refractivity contribution in [3.8, 4) is 0 Å². The van der Waals surface area contributed by atoms with Crippen molar-refractivity contribution < 1.29 is 8.42 Å². The minimum Gasteiger partial charge on any atom is -0.313 e. The van der Waals surface area contributed by atoms with Crippen LogP contribution in [-0.2, 0) is 10.0 Å². The molecule has 1 aliphatic heterocycles. The third kappa shape index (κ3) is 2.02. The Morgan fingerprint density at radius 1 is 1.38 bits per heavy atom. The Balaban J connectivity index is 2.35. The largest absolute Gasteiger partial charge is 0.313 e. The van der Waals surface area contributed by atoms with Crippen LogP contribution in [0.3, 0.4) is 0 Å². The first-order valence-corrected chi connectivity index (χ1v) is 7.20. The molecule has 0 saturated carbocycles. The van der Waals surface area contributed by atoms with Gasteiger partial charge < -0.3 is 5.32 Å². The average Bonchev–Trinajstić information content (AvgIpc) is 2.15. The fraction of sp³-hybridized carbons (Fsp3) is 0.400. The van der Waals surface area contributed by atoms with Gasteiger partial charge in [-0.1, -0.05) is 12.1 Å². The van der Waals surface area contributed by atoms with Gasteiger partial charge in [-0.05, 0) is 28.1 Å². The van der Waals surface area contributed by atoms with Crippen LogP contribution in [0, 0.1) is 0 Å². The Bertz CT molecular complexity index is 485. The molecule has 1 saturated heterocycles. The van der Waals surface area contributed by atoms with Crippen molar-refractivity contribution in [2.75, 3.05) is 20.1 Å². The number of halogens is 1. The molecule has 1 aliphatic rings. The first kappa shape index (κ1) is 12.0. The van der Waals surface area contributed by atoms with Crippen LogP contribution in [0.5, 0.6) is 0 Å². The van der Waals surface area contributed by atoms with Crippen LogP contribution in [0.15, 0.2) is 33.6 Å². The number of nitrogens with zero attached hydrogens (tertiary/aromatic N) is 1. The van der Waals surface area contributed by atoms with E-state index in [9.17, 15) is 8.42 Å². The van der Waals surface area contributed by atoms with E-state index in [1.807, 2.05) is 0 Å². The van der Waals surface area contributed by atoms with E-state index in [2.05, 4.69) is 21.2 Å². The third-order valence-electron chi connectivity index (χ3n) is 2.77. The normalized spacial score (nSPS) is 17.4. The first-order chi connectivity index (χ1) is 7.53. The standard InChI is InChI=1S/C10H13BrN2O2S/c1-13(8-6-12-7-8)16(14,15)10-5-3-2-4-9(10)11/h2-5,8,12H,6-7H2,1H3. The van der Waals surface area contributed by atoms with Gasteiger partial charge in [0.15, 0.2) is 0 Å². The highest BCUT2D eigenvalue weighted by atomic mass is 79.9. The van der Waals surface area contributed by atoms with Crippen LogP contribution >= 0.6 is 15.9 Å². The van der Waals surface area contributed by atoms with Crippen molar-refractivity contribution in [1.82, 2.24) is 9.62 Å².